The molecule has 0 radical (unpaired) electrons. The summed E-state index contributed by atoms with van der Waals surface area (Å²) in [6, 6.07) is 2.78. The first-order chi connectivity index (χ1) is 12.6. The van der Waals surface area contributed by atoms with Gasteiger partial charge in [-0.1, -0.05) is 12.7 Å². The first-order valence-corrected chi connectivity index (χ1v) is 8.35. The minimum absolute atomic E-state index is 0.104. The molecule has 1 aliphatic heterocycles. The molecule has 1 aliphatic rings. The summed E-state index contributed by atoms with van der Waals surface area (Å²) in [6.07, 6.45) is -0.0244. The first kappa shape index (κ1) is 20.2. The van der Waals surface area contributed by atoms with Crippen molar-refractivity contribution in [2.24, 2.45) is 0 Å². The number of phenols is 1. The van der Waals surface area contributed by atoms with Crippen molar-refractivity contribution in [1.29, 1.82) is 0 Å². The van der Waals surface area contributed by atoms with E-state index in [1.807, 2.05) is 0 Å². The second-order valence-corrected chi connectivity index (χ2v) is 6.27. The number of aromatic hydroxyl groups is 1. The Labute approximate surface area is 157 Å². The summed E-state index contributed by atoms with van der Waals surface area (Å²) < 4.78 is 16.2. The fourth-order valence-electron chi connectivity index (χ4n) is 2.67. The molecule has 7 heteroatoms. The summed E-state index contributed by atoms with van der Waals surface area (Å²) >= 11 is 0. The van der Waals surface area contributed by atoms with Crippen LogP contribution in [0.15, 0.2) is 35.9 Å². The molecule has 0 saturated heterocycles. The molecule has 27 heavy (non-hydrogen) atoms. The quantitative estimate of drug-likeness (QED) is 0.354. The van der Waals surface area contributed by atoms with Crippen molar-refractivity contribution < 1.29 is 33.7 Å². The summed E-state index contributed by atoms with van der Waals surface area (Å²) in [7, 11) is 0. The van der Waals surface area contributed by atoms with E-state index in [1.165, 1.54) is 32.1 Å². The molecule has 0 aliphatic carbocycles. The number of carbonyl (C=O) groups excluding carboxylic acids is 3. The Morgan fingerprint density at radius 3 is 2.44 bits per heavy atom. The van der Waals surface area contributed by atoms with Crippen LogP contribution in [0, 0.1) is 0 Å². The lowest BCUT2D eigenvalue weighted by molar-refractivity contribution is -0.148. The van der Waals surface area contributed by atoms with E-state index in [4.69, 9.17) is 14.2 Å². The molecule has 1 aromatic carbocycles. The van der Waals surface area contributed by atoms with E-state index in [-0.39, 0.29) is 29.3 Å². The van der Waals surface area contributed by atoms with Crippen LogP contribution in [-0.2, 0) is 19.1 Å². The van der Waals surface area contributed by atoms with Gasteiger partial charge in [-0.3, -0.25) is 9.59 Å². The molecule has 1 N–H and O–H groups in total. The van der Waals surface area contributed by atoms with Crippen LogP contribution in [0.3, 0.4) is 0 Å². The summed E-state index contributed by atoms with van der Waals surface area (Å²) in [4.78, 5) is 35.2. The van der Waals surface area contributed by atoms with Gasteiger partial charge in [0.2, 0.25) is 0 Å². The molecule has 0 saturated carbocycles. The molecule has 1 aromatic rings. The van der Waals surface area contributed by atoms with Gasteiger partial charge in [0, 0.05) is 18.6 Å². The van der Waals surface area contributed by atoms with Gasteiger partial charge in [-0.05, 0) is 32.4 Å². The van der Waals surface area contributed by atoms with Gasteiger partial charge < -0.3 is 19.3 Å². The van der Waals surface area contributed by atoms with E-state index in [9.17, 15) is 19.5 Å². The van der Waals surface area contributed by atoms with E-state index in [1.54, 1.807) is 13.8 Å². The maximum absolute atomic E-state index is 12.5. The Balaban J connectivity index is 2.35. The zero-order chi connectivity index (χ0) is 20.3. The third kappa shape index (κ3) is 4.36. The second kappa shape index (κ2) is 8.07. The van der Waals surface area contributed by atoms with Crippen LogP contribution in [0.2, 0.25) is 0 Å². The molecule has 0 bridgehead atoms. The number of esters is 2. The minimum Gasteiger partial charge on any atom is -0.507 e. The van der Waals surface area contributed by atoms with Gasteiger partial charge in [-0.25, -0.2) is 4.79 Å². The van der Waals surface area contributed by atoms with Crippen molar-refractivity contribution >= 4 is 17.7 Å². The zero-order valence-electron chi connectivity index (χ0n) is 15.7. The Morgan fingerprint density at radius 1 is 1.26 bits per heavy atom. The van der Waals surface area contributed by atoms with Gasteiger partial charge in [-0.15, -0.1) is 0 Å². The average Bonchev–Trinajstić information content (AvgIpc) is 2.91. The number of ketones is 1. The molecule has 7 nitrogen and oxygen atoms in total. The third-order valence-electron chi connectivity index (χ3n) is 4.10. The van der Waals surface area contributed by atoms with Crippen LogP contribution >= 0.6 is 0 Å². The number of carbonyl (C=O) groups is 3. The van der Waals surface area contributed by atoms with Gasteiger partial charge in [0.05, 0.1) is 11.1 Å². The number of hydrogen-bond donors (Lipinski definition) is 1. The predicted molar refractivity (Wildman–Crippen MR) is 96.6 cm³/mol. The highest BCUT2D eigenvalue weighted by atomic mass is 16.6. The lowest BCUT2D eigenvalue weighted by Crippen LogP contribution is -2.26. The average molecular weight is 374 g/mol. The highest BCUT2D eigenvalue weighted by Gasteiger charge is 2.39. The van der Waals surface area contributed by atoms with E-state index in [2.05, 4.69) is 6.58 Å². The monoisotopic (exact) mass is 374 g/mol. The van der Waals surface area contributed by atoms with E-state index in [0.29, 0.717) is 16.9 Å². The number of benzene rings is 1. The number of ether oxygens (including phenoxy) is 3. The molecular formula is C20H22O7. The topological polar surface area (TPSA) is 99.1 Å². The molecule has 0 fully saturated rings. The number of rotatable bonds is 6. The van der Waals surface area contributed by atoms with Crippen molar-refractivity contribution in [3.63, 3.8) is 0 Å². The molecular weight excluding hydrogens is 352 g/mol. The van der Waals surface area contributed by atoms with Crippen LogP contribution in [0.5, 0.6) is 11.5 Å². The SMILES string of the molecule is C=C(C)[C@@H]1Oc2cc(O)c(C(C)=O)cc2[C@@H]1OC(=O)C(=CC)COC(C)=O. The van der Waals surface area contributed by atoms with Crippen LogP contribution in [0.4, 0.5) is 0 Å². The maximum Gasteiger partial charge on any atom is 0.337 e. The number of allylic oxidation sites excluding steroid dienone is 1. The maximum atomic E-state index is 12.5. The fourth-order valence-corrected chi connectivity index (χ4v) is 2.67. The van der Waals surface area contributed by atoms with Crippen molar-refractivity contribution in [3.05, 3.63) is 47.1 Å². The minimum atomic E-state index is -0.851. The number of Topliss-reactive ketones (excluding diaryl/α,β-unsaturated/α-hetero) is 1. The Hall–Kier alpha value is -3.09. The van der Waals surface area contributed by atoms with Gasteiger partial charge >= 0.3 is 11.9 Å². The molecule has 2 atom stereocenters. The van der Waals surface area contributed by atoms with Crippen LogP contribution in [0.1, 0.15) is 49.7 Å². The highest BCUT2D eigenvalue weighted by molar-refractivity contribution is 5.97. The van der Waals surface area contributed by atoms with Gasteiger partial charge in [0.1, 0.15) is 18.1 Å². The largest absolute Gasteiger partial charge is 0.507 e. The van der Waals surface area contributed by atoms with E-state index in [0.717, 1.165) is 0 Å². The van der Waals surface area contributed by atoms with Crippen molar-refractivity contribution in [2.45, 2.75) is 39.9 Å². The smallest absolute Gasteiger partial charge is 0.337 e. The van der Waals surface area contributed by atoms with Crippen LogP contribution in [-0.4, -0.2) is 35.5 Å². The Kier molecular flexibility index (Phi) is 6.05. The van der Waals surface area contributed by atoms with Crippen LogP contribution in [0.25, 0.3) is 0 Å². The van der Waals surface area contributed by atoms with E-state index >= 15 is 0 Å². The number of hydrogen-bond acceptors (Lipinski definition) is 7. The van der Waals surface area contributed by atoms with Crippen molar-refractivity contribution in [1.82, 2.24) is 0 Å². The van der Waals surface area contributed by atoms with Gasteiger partial charge in [-0.2, -0.15) is 0 Å². The summed E-state index contributed by atoms with van der Waals surface area (Å²) in [5.74, 6) is -1.42. The van der Waals surface area contributed by atoms with Crippen molar-refractivity contribution in [3.8, 4) is 11.5 Å². The predicted octanol–water partition coefficient (Wildman–Crippen LogP) is 3.03. The Bertz CT molecular complexity index is 835. The number of fused-ring (bicyclic) bond motifs is 1. The van der Waals surface area contributed by atoms with Gasteiger partial charge in [0.15, 0.2) is 18.0 Å². The third-order valence-corrected chi connectivity index (χ3v) is 4.10. The molecule has 0 aromatic heterocycles. The number of phenolic OH excluding ortho intramolecular Hbond substituents is 1. The zero-order valence-corrected chi connectivity index (χ0v) is 15.7. The summed E-state index contributed by atoms with van der Waals surface area (Å²) in [5, 5.41) is 10.00. The lowest BCUT2D eigenvalue weighted by Gasteiger charge is -2.20. The molecule has 0 unspecified atom stereocenters. The van der Waals surface area contributed by atoms with Crippen LogP contribution < -0.4 is 4.74 Å². The molecule has 1 heterocycles. The second-order valence-electron chi connectivity index (χ2n) is 6.27. The fraction of sp³-hybridized carbons (Fsp3) is 0.350. The molecule has 2 rings (SSSR count). The standard InChI is InChI=1S/C20H22O7/c1-6-13(9-25-12(5)22)20(24)27-19-15-7-14(11(4)21)16(23)8-17(15)26-18(19)10(2)3/h6-8,18-19,23H,2,9H2,1,3-5H3/t18-,19-/m0/s1. The highest BCUT2D eigenvalue weighted by Crippen LogP contribution is 2.44. The summed E-state index contributed by atoms with van der Waals surface area (Å²) in [5.41, 5.74) is 1.34. The first-order valence-electron chi connectivity index (χ1n) is 8.35. The normalized spacial score (nSPS) is 18.3. The lowest BCUT2D eigenvalue weighted by atomic mass is 9.98. The molecule has 144 valence electrons. The summed E-state index contributed by atoms with van der Waals surface area (Å²) in [6.45, 7) is 9.56. The van der Waals surface area contributed by atoms with Gasteiger partial charge in [0.25, 0.3) is 0 Å². The Morgan fingerprint density at radius 2 is 1.93 bits per heavy atom. The van der Waals surface area contributed by atoms with E-state index < -0.39 is 24.1 Å². The molecule has 0 spiro atoms. The molecule has 0 amide bonds. The van der Waals surface area contributed by atoms with Crippen molar-refractivity contribution in [2.75, 3.05) is 6.61 Å².